The van der Waals surface area contributed by atoms with Crippen LogP contribution in [0.15, 0.2) is 41.3 Å². The van der Waals surface area contributed by atoms with Gasteiger partial charge in [-0.3, -0.25) is 9.35 Å². The molecule has 0 amide bonds. The molecular formula is C31H30N2O10S. The van der Waals surface area contributed by atoms with E-state index < -0.39 is 66.6 Å². The number of benzene rings is 3. The molecule has 3 aromatic carbocycles. The van der Waals surface area contributed by atoms with E-state index in [4.69, 9.17) is 10.1 Å². The van der Waals surface area contributed by atoms with Gasteiger partial charge in [0.2, 0.25) is 11.5 Å². The van der Waals surface area contributed by atoms with E-state index in [2.05, 4.69) is 4.79 Å². The number of rotatable bonds is 1. The largest absolute Gasteiger partial charge is 0.504 e. The van der Waals surface area contributed by atoms with E-state index in [0.717, 1.165) is 0 Å². The van der Waals surface area contributed by atoms with Gasteiger partial charge in [-0.05, 0) is 59.1 Å². The van der Waals surface area contributed by atoms with E-state index in [9.17, 15) is 43.9 Å². The van der Waals surface area contributed by atoms with Gasteiger partial charge in [0.1, 0.15) is 4.90 Å². The summed E-state index contributed by atoms with van der Waals surface area (Å²) in [6.45, 7) is 7.88. The molecule has 13 heteroatoms. The Balaban J connectivity index is 0.000000195. The van der Waals surface area contributed by atoms with Gasteiger partial charge in [0, 0.05) is 33.7 Å². The third kappa shape index (κ3) is 4.31. The molecule has 0 saturated carbocycles. The van der Waals surface area contributed by atoms with E-state index in [-0.39, 0.29) is 21.7 Å². The highest BCUT2D eigenvalue weighted by atomic mass is 32.2. The van der Waals surface area contributed by atoms with Crippen molar-refractivity contribution < 1.29 is 53.2 Å². The Bertz CT molecular complexity index is 1910. The van der Waals surface area contributed by atoms with E-state index in [1.165, 1.54) is 42.5 Å². The first-order chi connectivity index (χ1) is 20.3. The number of Topliss-reactive ketones (excluding diaryl/α,β-unsaturated/α-hetero) is 1. The molecule has 230 valence electrons. The van der Waals surface area contributed by atoms with Crippen LogP contribution in [-0.4, -0.2) is 59.9 Å². The van der Waals surface area contributed by atoms with Crippen LogP contribution < -0.4 is 0 Å². The molecule has 44 heavy (non-hydrogen) atoms. The maximum absolute atomic E-state index is 11.7. The SMILES string of the molecule is CC1(C)CC2(CC(C)(C)c3cc(O)c(O)c(O)c32)c2c1cc(O)c(O)c2O.[N-]=[N+]=C1C=Cc2c(cccc2S(=O)(=O)O)C1=O. The Morgan fingerprint density at radius 1 is 0.773 bits per heavy atom. The molecule has 0 radical (unpaired) electrons. The van der Waals surface area contributed by atoms with Gasteiger partial charge in [-0.25, -0.2) is 0 Å². The molecule has 0 aliphatic heterocycles. The number of fused-ring (bicyclic) bond motifs is 5. The number of aromatic hydroxyl groups is 6. The Morgan fingerprint density at radius 2 is 1.25 bits per heavy atom. The van der Waals surface area contributed by atoms with Crippen molar-refractivity contribution in [2.45, 2.75) is 61.7 Å². The molecule has 0 aromatic heterocycles. The minimum Gasteiger partial charge on any atom is -0.504 e. The average molecular weight is 623 g/mol. The number of ketones is 1. The van der Waals surface area contributed by atoms with E-state index >= 15 is 0 Å². The van der Waals surface area contributed by atoms with Gasteiger partial charge in [0.25, 0.3) is 15.9 Å². The van der Waals surface area contributed by atoms with Gasteiger partial charge in [-0.1, -0.05) is 39.8 Å². The number of phenolic OH excluding ortho intramolecular Hbond substituents is 6. The van der Waals surface area contributed by atoms with Crippen LogP contribution in [0.25, 0.3) is 11.6 Å². The summed E-state index contributed by atoms with van der Waals surface area (Å²) in [5, 5.41) is 61.9. The second kappa shape index (κ2) is 9.58. The number of hydrogen-bond acceptors (Lipinski definition) is 9. The summed E-state index contributed by atoms with van der Waals surface area (Å²) in [7, 11) is -4.40. The van der Waals surface area contributed by atoms with Gasteiger partial charge in [0.15, 0.2) is 23.0 Å². The monoisotopic (exact) mass is 622 g/mol. The normalized spacial score (nSPS) is 18.2. The van der Waals surface area contributed by atoms with Crippen LogP contribution >= 0.6 is 0 Å². The molecule has 7 N–H and O–H groups in total. The Kier molecular flexibility index (Phi) is 6.67. The number of carbonyl (C=O) groups is 1. The first-order valence-electron chi connectivity index (χ1n) is 13.4. The predicted octanol–water partition coefficient (Wildman–Crippen LogP) is 4.38. The fourth-order valence-electron chi connectivity index (χ4n) is 7.16. The first-order valence-corrected chi connectivity index (χ1v) is 14.9. The molecule has 3 aromatic rings. The standard InChI is InChI=1S/C21H24O6.C10H6N2O4S/c1-19(2)7-21(13-9(19)5-11(22)15(24)17(13)26)8-20(3,4)10-6-12(23)16(25)18(27)14(10)21;11-12-8-5-4-6-7(10(8)13)2-1-3-9(6)17(14,15)16/h5-6,22-27H,7-8H2,1-4H3;1-5H,(H,14,15,16). The first kappa shape index (κ1) is 30.6. The zero-order chi connectivity index (χ0) is 32.7. The lowest BCUT2D eigenvalue weighted by molar-refractivity contribution is -0.00436. The second-order valence-electron chi connectivity index (χ2n) is 12.6. The summed E-state index contributed by atoms with van der Waals surface area (Å²) < 4.78 is 31.2. The van der Waals surface area contributed by atoms with Gasteiger partial charge < -0.3 is 36.2 Å². The molecule has 0 heterocycles. The molecule has 0 unspecified atom stereocenters. The van der Waals surface area contributed by atoms with Crippen molar-refractivity contribution in [2.24, 2.45) is 0 Å². The fourth-order valence-corrected chi connectivity index (χ4v) is 7.87. The van der Waals surface area contributed by atoms with E-state index in [1.54, 1.807) is 0 Å². The zero-order valence-electron chi connectivity index (χ0n) is 24.1. The maximum Gasteiger partial charge on any atom is 0.362 e. The smallest absolute Gasteiger partial charge is 0.362 e. The van der Waals surface area contributed by atoms with Crippen LogP contribution in [0.3, 0.4) is 0 Å². The lowest BCUT2D eigenvalue weighted by Crippen LogP contribution is -2.27. The Morgan fingerprint density at radius 3 is 1.68 bits per heavy atom. The fraction of sp³-hybridized carbons (Fsp3) is 0.290. The van der Waals surface area contributed by atoms with Gasteiger partial charge in [-0.2, -0.15) is 13.2 Å². The molecule has 3 aliphatic rings. The van der Waals surface area contributed by atoms with Crippen molar-refractivity contribution in [2.75, 3.05) is 0 Å². The number of carbonyl (C=O) groups excluding carboxylic acids is 1. The van der Waals surface area contributed by atoms with Gasteiger partial charge in [-0.15, -0.1) is 0 Å². The number of hydrogen-bond donors (Lipinski definition) is 7. The van der Waals surface area contributed by atoms with Crippen LogP contribution in [0.1, 0.15) is 78.7 Å². The summed E-state index contributed by atoms with van der Waals surface area (Å²) >= 11 is 0. The van der Waals surface area contributed by atoms with E-state index in [1.807, 2.05) is 27.7 Å². The summed E-state index contributed by atoms with van der Waals surface area (Å²) in [5.41, 5.74) is 9.01. The summed E-state index contributed by atoms with van der Waals surface area (Å²) in [5.74, 6) is -3.41. The third-order valence-electron chi connectivity index (χ3n) is 8.75. The topological polar surface area (TPSA) is 229 Å². The summed E-state index contributed by atoms with van der Waals surface area (Å²) in [6, 6.07) is 6.82. The lowest BCUT2D eigenvalue weighted by Gasteiger charge is -2.31. The van der Waals surface area contributed by atoms with Crippen molar-refractivity contribution >= 4 is 27.7 Å². The van der Waals surface area contributed by atoms with Crippen LogP contribution in [0.5, 0.6) is 34.5 Å². The van der Waals surface area contributed by atoms with Crippen LogP contribution in [-0.2, 0) is 26.4 Å². The Labute approximate surface area is 252 Å². The van der Waals surface area contributed by atoms with Crippen LogP contribution in [0.2, 0.25) is 0 Å². The predicted molar refractivity (Wildman–Crippen MR) is 157 cm³/mol. The highest BCUT2D eigenvalue weighted by molar-refractivity contribution is 7.86. The van der Waals surface area contributed by atoms with Crippen molar-refractivity contribution in [3.05, 3.63) is 75.3 Å². The highest BCUT2D eigenvalue weighted by Gasteiger charge is 2.59. The van der Waals surface area contributed by atoms with Gasteiger partial charge in [0.05, 0.1) is 0 Å². The molecule has 0 saturated heterocycles. The molecule has 1 spiro atoms. The summed E-state index contributed by atoms with van der Waals surface area (Å²) in [6.07, 6.45) is 3.48. The van der Waals surface area contributed by atoms with Crippen molar-refractivity contribution in [1.29, 1.82) is 0 Å². The second-order valence-corrected chi connectivity index (χ2v) is 14.0. The molecule has 3 aliphatic carbocycles. The molecule has 6 rings (SSSR count). The van der Waals surface area contributed by atoms with Crippen molar-refractivity contribution in [3.63, 3.8) is 0 Å². The van der Waals surface area contributed by atoms with Crippen LogP contribution in [0, 0.1) is 0 Å². The quantitative estimate of drug-likeness (QED) is 0.0876. The molecule has 12 nitrogen and oxygen atoms in total. The number of phenols is 6. The van der Waals surface area contributed by atoms with Gasteiger partial charge >= 0.3 is 5.71 Å². The highest BCUT2D eigenvalue weighted by Crippen LogP contribution is 2.69. The van der Waals surface area contributed by atoms with Crippen LogP contribution in [0.4, 0.5) is 0 Å². The third-order valence-corrected chi connectivity index (χ3v) is 9.66. The minimum absolute atomic E-state index is 0.0652. The van der Waals surface area contributed by atoms with Crippen molar-refractivity contribution in [1.82, 2.24) is 0 Å². The average Bonchev–Trinajstić information content (AvgIpc) is 3.28. The molecule has 0 bridgehead atoms. The molecule has 0 fully saturated rings. The van der Waals surface area contributed by atoms with E-state index in [0.29, 0.717) is 35.1 Å². The number of allylic oxidation sites excluding steroid dienone is 1. The molecular weight excluding hydrogens is 592 g/mol. The Hall–Kier alpha value is -4.84. The minimum atomic E-state index is -4.40. The lowest BCUT2D eigenvalue weighted by atomic mass is 9.72. The number of nitrogens with zero attached hydrogens (tertiary/aromatic N) is 2. The van der Waals surface area contributed by atoms with Crippen molar-refractivity contribution in [3.8, 4) is 34.5 Å². The maximum atomic E-state index is 11.7. The zero-order valence-corrected chi connectivity index (χ0v) is 24.9. The summed E-state index contributed by atoms with van der Waals surface area (Å²) in [4.78, 5) is 14.1. The molecule has 0 atom stereocenters.